The van der Waals surface area contributed by atoms with Gasteiger partial charge in [-0.25, -0.2) is 0 Å². The third-order valence-electron chi connectivity index (χ3n) is 1.79. The van der Waals surface area contributed by atoms with Crippen molar-refractivity contribution in [2.45, 2.75) is 13.8 Å². The van der Waals surface area contributed by atoms with E-state index >= 15 is 0 Å². The van der Waals surface area contributed by atoms with Gasteiger partial charge in [0.1, 0.15) is 11.4 Å². The minimum Gasteiger partial charge on any atom is -0.494 e. The Labute approximate surface area is 83.3 Å². The van der Waals surface area contributed by atoms with E-state index in [0.717, 1.165) is 22.6 Å². The van der Waals surface area contributed by atoms with E-state index in [1.807, 2.05) is 26.0 Å². The number of isothiocyanates is 1. The smallest absolute Gasteiger partial charge is 0.145 e. The van der Waals surface area contributed by atoms with Crippen LogP contribution in [0.3, 0.4) is 0 Å². The Bertz CT molecular complexity index is 367. The number of rotatable bonds is 2. The van der Waals surface area contributed by atoms with Crippen molar-refractivity contribution >= 4 is 23.1 Å². The van der Waals surface area contributed by atoms with Crippen LogP contribution in [0.4, 0.5) is 5.69 Å². The molecule has 0 atom stereocenters. The van der Waals surface area contributed by atoms with E-state index in [1.54, 1.807) is 7.11 Å². The largest absolute Gasteiger partial charge is 0.494 e. The molecule has 0 amide bonds. The fourth-order valence-electron chi connectivity index (χ4n) is 1.27. The summed E-state index contributed by atoms with van der Waals surface area (Å²) in [5.74, 6) is 0.745. The molecule has 2 nitrogen and oxygen atoms in total. The molecule has 0 aromatic heterocycles. The van der Waals surface area contributed by atoms with Crippen molar-refractivity contribution in [1.82, 2.24) is 0 Å². The number of hydrogen-bond acceptors (Lipinski definition) is 3. The lowest BCUT2D eigenvalue weighted by molar-refractivity contribution is 0.415. The number of ether oxygens (including phenoxy) is 1. The van der Waals surface area contributed by atoms with Crippen molar-refractivity contribution in [1.29, 1.82) is 0 Å². The molecule has 3 heteroatoms. The SMILES string of the molecule is COc1cc(C)cc(C)c1N=C=S. The summed E-state index contributed by atoms with van der Waals surface area (Å²) in [7, 11) is 1.62. The molecule has 0 saturated carbocycles. The maximum Gasteiger partial charge on any atom is 0.145 e. The molecule has 0 aliphatic rings. The molecule has 0 radical (unpaired) electrons. The zero-order valence-corrected chi connectivity index (χ0v) is 8.73. The molecule has 0 unspecified atom stereocenters. The maximum absolute atomic E-state index is 5.18. The van der Waals surface area contributed by atoms with Crippen molar-refractivity contribution < 1.29 is 4.74 Å². The Morgan fingerprint density at radius 3 is 2.62 bits per heavy atom. The Kier molecular flexibility index (Phi) is 3.18. The van der Waals surface area contributed by atoms with Gasteiger partial charge in [-0.3, -0.25) is 0 Å². The molecule has 13 heavy (non-hydrogen) atoms. The molecule has 1 aromatic carbocycles. The van der Waals surface area contributed by atoms with Crippen molar-refractivity contribution in [3.8, 4) is 5.75 Å². The molecular weight excluding hydrogens is 182 g/mol. The van der Waals surface area contributed by atoms with Crippen LogP contribution in [0.1, 0.15) is 11.1 Å². The minimum atomic E-state index is 0.745. The monoisotopic (exact) mass is 193 g/mol. The van der Waals surface area contributed by atoms with E-state index in [2.05, 4.69) is 22.4 Å². The first kappa shape index (κ1) is 9.90. The highest BCUT2D eigenvalue weighted by atomic mass is 32.1. The van der Waals surface area contributed by atoms with Crippen LogP contribution < -0.4 is 4.74 Å². The summed E-state index contributed by atoms with van der Waals surface area (Å²) in [6.07, 6.45) is 0. The standard InChI is InChI=1S/C10H11NOS/c1-7-4-8(2)10(11-6-13)9(5-7)12-3/h4-5H,1-3H3. The summed E-state index contributed by atoms with van der Waals surface area (Å²) in [5, 5.41) is 2.35. The predicted molar refractivity (Wildman–Crippen MR) is 57.2 cm³/mol. The van der Waals surface area contributed by atoms with Crippen LogP contribution in [0.15, 0.2) is 17.1 Å². The summed E-state index contributed by atoms with van der Waals surface area (Å²) in [6.45, 7) is 3.99. The van der Waals surface area contributed by atoms with Gasteiger partial charge in [0.05, 0.1) is 12.3 Å². The first-order valence-corrected chi connectivity index (χ1v) is 4.33. The molecule has 0 bridgehead atoms. The third kappa shape index (κ3) is 2.14. The van der Waals surface area contributed by atoms with Crippen molar-refractivity contribution in [2.75, 3.05) is 7.11 Å². The van der Waals surface area contributed by atoms with Gasteiger partial charge in [-0.15, -0.1) is 0 Å². The lowest BCUT2D eigenvalue weighted by Crippen LogP contribution is -1.87. The average Bonchev–Trinajstić information content (AvgIpc) is 2.09. The summed E-state index contributed by atoms with van der Waals surface area (Å²) in [6, 6.07) is 3.96. The second-order valence-electron chi connectivity index (χ2n) is 2.84. The Hall–Kier alpha value is -1.18. The molecule has 0 N–H and O–H groups in total. The van der Waals surface area contributed by atoms with E-state index in [0.29, 0.717) is 0 Å². The number of aliphatic imine (C=N–C) groups is 1. The second kappa shape index (κ2) is 4.17. The molecule has 0 spiro atoms. The number of thiocarbonyl (C=S) groups is 1. The number of benzene rings is 1. The third-order valence-corrected chi connectivity index (χ3v) is 1.88. The normalized spacial score (nSPS) is 9.15. The van der Waals surface area contributed by atoms with Gasteiger partial charge in [-0.2, -0.15) is 4.99 Å². The fourth-order valence-corrected chi connectivity index (χ4v) is 1.36. The van der Waals surface area contributed by atoms with Crippen molar-refractivity contribution in [3.05, 3.63) is 23.3 Å². The average molecular weight is 193 g/mol. The predicted octanol–water partition coefficient (Wildman–Crippen LogP) is 3.05. The van der Waals surface area contributed by atoms with Crippen LogP contribution >= 0.6 is 12.2 Å². The lowest BCUT2D eigenvalue weighted by Gasteiger charge is -2.07. The van der Waals surface area contributed by atoms with Gasteiger partial charge in [0.25, 0.3) is 0 Å². The van der Waals surface area contributed by atoms with Crippen molar-refractivity contribution in [2.24, 2.45) is 4.99 Å². The Morgan fingerprint density at radius 2 is 2.08 bits per heavy atom. The van der Waals surface area contributed by atoms with Crippen LogP contribution in [-0.2, 0) is 0 Å². The Morgan fingerprint density at radius 1 is 1.38 bits per heavy atom. The second-order valence-corrected chi connectivity index (χ2v) is 3.02. The molecule has 1 rings (SSSR count). The van der Waals surface area contributed by atoms with Gasteiger partial charge in [0, 0.05) is 0 Å². The zero-order valence-electron chi connectivity index (χ0n) is 7.92. The number of hydrogen-bond donors (Lipinski definition) is 0. The maximum atomic E-state index is 5.18. The number of nitrogens with zero attached hydrogens (tertiary/aromatic N) is 1. The molecule has 0 saturated heterocycles. The summed E-state index contributed by atoms with van der Waals surface area (Å²) in [5.41, 5.74) is 2.97. The zero-order chi connectivity index (χ0) is 9.84. The van der Waals surface area contributed by atoms with Gasteiger partial charge < -0.3 is 4.74 Å². The molecule has 1 aromatic rings. The van der Waals surface area contributed by atoms with Gasteiger partial charge in [0.15, 0.2) is 0 Å². The highest BCUT2D eigenvalue weighted by Crippen LogP contribution is 2.31. The van der Waals surface area contributed by atoms with Gasteiger partial charge in [-0.05, 0) is 43.3 Å². The van der Waals surface area contributed by atoms with E-state index in [-0.39, 0.29) is 0 Å². The van der Waals surface area contributed by atoms with Crippen LogP contribution in [0.2, 0.25) is 0 Å². The van der Waals surface area contributed by atoms with E-state index < -0.39 is 0 Å². The van der Waals surface area contributed by atoms with Crippen molar-refractivity contribution in [3.63, 3.8) is 0 Å². The molecule has 0 fully saturated rings. The Balaban J connectivity index is 3.37. The number of methoxy groups -OCH3 is 1. The topological polar surface area (TPSA) is 21.6 Å². The summed E-state index contributed by atoms with van der Waals surface area (Å²) >= 11 is 4.56. The molecule has 0 aliphatic heterocycles. The summed E-state index contributed by atoms with van der Waals surface area (Å²) < 4.78 is 5.18. The highest BCUT2D eigenvalue weighted by Gasteiger charge is 2.05. The first-order valence-electron chi connectivity index (χ1n) is 3.92. The lowest BCUT2D eigenvalue weighted by atomic mass is 10.1. The van der Waals surface area contributed by atoms with Gasteiger partial charge in [-0.1, -0.05) is 6.07 Å². The fraction of sp³-hybridized carbons (Fsp3) is 0.300. The quantitative estimate of drug-likeness (QED) is 0.532. The van der Waals surface area contributed by atoms with Crippen LogP contribution in [0.25, 0.3) is 0 Å². The molecular formula is C10H11NOS. The van der Waals surface area contributed by atoms with E-state index in [4.69, 9.17) is 4.74 Å². The molecule has 68 valence electrons. The van der Waals surface area contributed by atoms with Crippen LogP contribution in [-0.4, -0.2) is 12.3 Å². The first-order chi connectivity index (χ1) is 6.19. The van der Waals surface area contributed by atoms with E-state index in [1.165, 1.54) is 0 Å². The molecule has 0 heterocycles. The van der Waals surface area contributed by atoms with Gasteiger partial charge in [0.2, 0.25) is 0 Å². The minimum absolute atomic E-state index is 0.745. The highest BCUT2D eigenvalue weighted by molar-refractivity contribution is 7.78. The number of aryl methyl sites for hydroxylation is 2. The summed E-state index contributed by atoms with van der Waals surface area (Å²) in [4.78, 5) is 3.96. The van der Waals surface area contributed by atoms with Gasteiger partial charge >= 0.3 is 0 Å². The van der Waals surface area contributed by atoms with E-state index in [9.17, 15) is 0 Å². The van der Waals surface area contributed by atoms with Crippen LogP contribution in [0, 0.1) is 13.8 Å². The molecule has 0 aliphatic carbocycles. The van der Waals surface area contributed by atoms with Crippen LogP contribution in [0.5, 0.6) is 5.75 Å².